The Morgan fingerprint density at radius 3 is 2.68 bits per heavy atom. The number of likely N-dealkylation sites (tertiary alicyclic amines) is 1. The number of rotatable bonds is 9. The Kier molecular flexibility index (Phi) is 7.60. The van der Waals surface area contributed by atoms with E-state index in [0.717, 1.165) is 30.8 Å². The first-order valence-electron chi connectivity index (χ1n) is 10.1. The van der Waals surface area contributed by atoms with Gasteiger partial charge in [0, 0.05) is 19.1 Å². The predicted molar refractivity (Wildman–Crippen MR) is 115 cm³/mol. The molecule has 0 radical (unpaired) electrons. The maximum absolute atomic E-state index is 6.52. The van der Waals surface area contributed by atoms with Gasteiger partial charge in [-0.25, -0.2) is 0 Å². The van der Waals surface area contributed by atoms with Crippen LogP contribution in [0, 0.1) is 6.92 Å². The van der Waals surface area contributed by atoms with Crippen LogP contribution in [-0.4, -0.2) is 37.7 Å². The van der Waals surface area contributed by atoms with Gasteiger partial charge in [-0.15, -0.1) is 0 Å². The standard InChI is InChI=1S/C23H31ClN2O2/c1-4-26-11-5-6-20(26)15-25-14-19-12-21(24)23(22(13-19)27-3)28-16-18-9-7-17(2)8-10-18/h7-10,12-13,20,25H,4-6,11,14-16H2,1-3H3/t20-/m0/s1. The fraction of sp³-hybridized carbons (Fsp3) is 0.478. The molecule has 0 amide bonds. The molecular weight excluding hydrogens is 372 g/mol. The fourth-order valence-corrected chi connectivity index (χ4v) is 4.07. The van der Waals surface area contributed by atoms with Crippen LogP contribution in [0.2, 0.25) is 5.02 Å². The highest BCUT2D eigenvalue weighted by molar-refractivity contribution is 6.32. The number of methoxy groups -OCH3 is 1. The second kappa shape index (κ2) is 10.1. The Morgan fingerprint density at radius 2 is 1.96 bits per heavy atom. The first kappa shape index (κ1) is 21.0. The minimum absolute atomic E-state index is 0.461. The maximum atomic E-state index is 6.52. The number of ether oxygens (including phenoxy) is 2. The quantitative estimate of drug-likeness (QED) is 0.652. The average molecular weight is 403 g/mol. The molecule has 2 aromatic carbocycles. The molecule has 1 atom stereocenters. The molecular formula is C23H31ClN2O2. The topological polar surface area (TPSA) is 33.7 Å². The van der Waals surface area contributed by atoms with Gasteiger partial charge in [0.25, 0.3) is 0 Å². The fourth-order valence-electron chi connectivity index (χ4n) is 3.78. The number of nitrogens with zero attached hydrogens (tertiary/aromatic N) is 1. The number of aryl methyl sites for hydroxylation is 1. The van der Waals surface area contributed by atoms with Gasteiger partial charge in [-0.2, -0.15) is 0 Å². The summed E-state index contributed by atoms with van der Waals surface area (Å²) in [6.07, 6.45) is 2.57. The molecule has 1 aliphatic heterocycles. The lowest BCUT2D eigenvalue weighted by atomic mass is 10.1. The minimum Gasteiger partial charge on any atom is -0.493 e. The molecule has 3 rings (SSSR count). The number of hydrogen-bond donors (Lipinski definition) is 1. The monoisotopic (exact) mass is 402 g/mol. The normalized spacial score (nSPS) is 17.1. The third-order valence-corrected chi connectivity index (χ3v) is 5.69. The van der Waals surface area contributed by atoms with E-state index in [9.17, 15) is 0 Å². The van der Waals surface area contributed by atoms with Crippen LogP contribution in [-0.2, 0) is 13.2 Å². The highest BCUT2D eigenvalue weighted by atomic mass is 35.5. The van der Waals surface area contributed by atoms with Gasteiger partial charge in [-0.1, -0.05) is 48.4 Å². The van der Waals surface area contributed by atoms with Crippen molar-refractivity contribution in [1.29, 1.82) is 0 Å². The Balaban J connectivity index is 1.59. The largest absolute Gasteiger partial charge is 0.493 e. The third kappa shape index (κ3) is 5.40. The molecule has 1 aliphatic rings. The van der Waals surface area contributed by atoms with Crippen LogP contribution in [0.5, 0.6) is 11.5 Å². The molecule has 1 N–H and O–H groups in total. The van der Waals surface area contributed by atoms with E-state index in [2.05, 4.69) is 48.3 Å². The summed E-state index contributed by atoms with van der Waals surface area (Å²) in [5.41, 5.74) is 3.44. The van der Waals surface area contributed by atoms with Crippen LogP contribution in [0.4, 0.5) is 0 Å². The van der Waals surface area contributed by atoms with Crippen LogP contribution < -0.4 is 14.8 Å². The summed E-state index contributed by atoms with van der Waals surface area (Å²) in [4.78, 5) is 2.54. The summed E-state index contributed by atoms with van der Waals surface area (Å²) < 4.78 is 11.5. The van der Waals surface area contributed by atoms with E-state index in [1.807, 2.05) is 12.1 Å². The van der Waals surface area contributed by atoms with Crippen molar-refractivity contribution < 1.29 is 9.47 Å². The van der Waals surface area contributed by atoms with Crippen molar-refractivity contribution in [3.8, 4) is 11.5 Å². The molecule has 0 spiro atoms. The van der Waals surface area contributed by atoms with E-state index in [1.54, 1.807) is 7.11 Å². The summed E-state index contributed by atoms with van der Waals surface area (Å²) in [6, 6.07) is 12.9. The van der Waals surface area contributed by atoms with Gasteiger partial charge in [0.05, 0.1) is 12.1 Å². The SMILES string of the molecule is CCN1CCC[C@H]1CNCc1cc(Cl)c(OCc2ccc(C)cc2)c(OC)c1. The van der Waals surface area contributed by atoms with Crippen molar-refractivity contribution in [2.24, 2.45) is 0 Å². The molecule has 0 saturated carbocycles. The zero-order chi connectivity index (χ0) is 19.9. The zero-order valence-electron chi connectivity index (χ0n) is 17.1. The van der Waals surface area contributed by atoms with Crippen LogP contribution in [0.3, 0.4) is 0 Å². The highest BCUT2D eigenvalue weighted by Crippen LogP contribution is 2.37. The lowest BCUT2D eigenvalue weighted by Gasteiger charge is -2.23. The first-order chi connectivity index (χ1) is 13.6. The molecule has 1 heterocycles. The second-order valence-corrected chi connectivity index (χ2v) is 7.85. The van der Waals surface area contributed by atoms with Crippen molar-refractivity contribution in [1.82, 2.24) is 10.2 Å². The van der Waals surface area contributed by atoms with Gasteiger partial charge >= 0.3 is 0 Å². The third-order valence-electron chi connectivity index (χ3n) is 5.41. The summed E-state index contributed by atoms with van der Waals surface area (Å²) in [6.45, 7) is 8.88. The second-order valence-electron chi connectivity index (χ2n) is 7.44. The van der Waals surface area contributed by atoms with E-state index in [-0.39, 0.29) is 0 Å². The van der Waals surface area contributed by atoms with Crippen LogP contribution >= 0.6 is 11.6 Å². The summed E-state index contributed by atoms with van der Waals surface area (Å²) in [7, 11) is 1.65. The lowest BCUT2D eigenvalue weighted by molar-refractivity contribution is 0.260. The van der Waals surface area contributed by atoms with Crippen molar-refractivity contribution in [3.05, 3.63) is 58.1 Å². The molecule has 28 heavy (non-hydrogen) atoms. The van der Waals surface area contributed by atoms with Crippen molar-refractivity contribution in [2.75, 3.05) is 26.7 Å². The molecule has 0 aliphatic carbocycles. The van der Waals surface area contributed by atoms with Gasteiger partial charge in [-0.05, 0) is 56.1 Å². The Labute approximate surface area is 173 Å². The molecule has 0 unspecified atom stereocenters. The van der Waals surface area contributed by atoms with Crippen molar-refractivity contribution in [3.63, 3.8) is 0 Å². The maximum Gasteiger partial charge on any atom is 0.180 e. The molecule has 0 bridgehead atoms. The van der Waals surface area contributed by atoms with Gasteiger partial charge < -0.3 is 14.8 Å². The average Bonchev–Trinajstić information content (AvgIpc) is 3.15. The van der Waals surface area contributed by atoms with E-state index in [1.165, 1.54) is 24.9 Å². The van der Waals surface area contributed by atoms with Gasteiger partial charge in [0.1, 0.15) is 6.61 Å². The first-order valence-corrected chi connectivity index (χ1v) is 10.5. The van der Waals surface area contributed by atoms with Gasteiger partial charge in [0.2, 0.25) is 0 Å². The van der Waals surface area contributed by atoms with Crippen LogP contribution in [0.1, 0.15) is 36.5 Å². The van der Waals surface area contributed by atoms with Gasteiger partial charge in [-0.3, -0.25) is 4.90 Å². The Hall–Kier alpha value is -1.75. The Morgan fingerprint density at radius 1 is 1.18 bits per heavy atom. The predicted octanol–water partition coefficient (Wildman–Crippen LogP) is 4.81. The molecule has 152 valence electrons. The van der Waals surface area contributed by atoms with Crippen molar-refractivity contribution in [2.45, 2.75) is 45.9 Å². The van der Waals surface area contributed by atoms with Crippen LogP contribution in [0.15, 0.2) is 36.4 Å². The zero-order valence-corrected chi connectivity index (χ0v) is 17.9. The van der Waals surface area contributed by atoms with E-state index >= 15 is 0 Å². The molecule has 1 saturated heterocycles. The number of likely N-dealkylation sites (N-methyl/N-ethyl adjacent to an activating group) is 1. The minimum atomic E-state index is 0.461. The molecule has 1 fully saturated rings. The number of nitrogens with one attached hydrogen (secondary N) is 1. The number of halogens is 1. The Bertz CT molecular complexity index is 764. The summed E-state index contributed by atoms with van der Waals surface area (Å²) >= 11 is 6.52. The van der Waals surface area contributed by atoms with Gasteiger partial charge in [0.15, 0.2) is 11.5 Å². The summed E-state index contributed by atoms with van der Waals surface area (Å²) in [5.74, 6) is 1.27. The summed E-state index contributed by atoms with van der Waals surface area (Å²) in [5, 5.41) is 4.16. The van der Waals surface area contributed by atoms with E-state index < -0.39 is 0 Å². The van der Waals surface area contributed by atoms with Crippen LogP contribution in [0.25, 0.3) is 0 Å². The molecule has 4 nitrogen and oxygen atoms in total. The van der Waals surface area contributed by atoms with E-state index in [4.69, 9.17) is 21.1 Å². The number of hydrogen-bond acceptors (Lipinski definition) is 4. The molecule has 2 aromatic rings. The lowest BCUT2D eigenvalue weighted by Crippen LogP contribution is -2.37. The van der Waals surface area contributed by atoms with Crippen molar-refractivity contribution >= 4 is 11.6 Å². The van der Waals surface area contributed by atoms with E-state index in [0.29, 0.717) is 29.2 Å². The smallest absolute Gasteiger partial charge is 0.180 e. The molecule has 0 aromatic heterocycles. The molecule has 5 heteroatoms. The highest BCUT2D eigenvalue weighted by Gasteiger charge is 2.22. The number of benzene rings is 2.